The van der Waals surface area contributed by atoms with Crippen LogP contribution in [0.2, 0.25) is 5.02 Å². The topological polar surface area (TPSA) is 112 Å². The van der Waals surface area contributed by atoms with Crippen LogP contribution >= 0.6 is 11.6 Å². The molecule has 1 aliphatic heterocycles. The Labute approximate surface area is 210 Å². The Morgan fingerprint density at radius 3 is 2.46 bits per heavy atom. The number of ether oxygens (including phenoxy) is 1. The molecule has 4 rings (SSSR count). The lowest BCUT2D eigenvalue weighted by atomic mass is 9.90. The quantitative estimate of drug-likeness (QED) is 0.651. The van der Waals surface area contributed by atoms with Gasteiger partial charge in [-0.2, -0.15) is 5.26 Å². The van der Waals surface area contributed by atoms with Gasteiger partial charge < -0.3 is 25.6 Å². The van der Waals surface area contributed by atoms with Crippen LogP contribution in [0.25, 0.3) is 0 Å². The van der Waals surface area contributed by atoms with Gasteiger partial charge in [0.15, 0.2) is 0 Å². The standard InChI is InChI=1S/C26H30ClN5O3/c27-24-10-7-22(30-26(34)31-11-13-35-14-12-31)15-20(24)17-32(23-8-5-21(29)6-9-23)25(33)19-3-1-18(16-28)2-4-19/h1-4,7,10,15,21,23H,5-6,8-9,11-14,17,29H2,(H,30,34). The van der Waals surface area contributed by atoms with Crippen LogP contribution in [-0.2, 0) is 11.3 Å². The zero-order valence-electron chi connectivity index (χ0n) is 19.6. The number of anilines is 1. The predicted molar refractivity (Wildman–Crippen MR) is 134 cm³/mol. The van der Waals surface area contributed by atoms with Crippen molar-refractivity contribution in [3.63, 3.8) is 0 Å². The van der Waals surface area contributed by atoms with Crippen LogP contribution in [0.3, 0.4) is 0 Å². The van der Waals surface area contributed by atoms with Crippen molar-refractivity contribution in [2.24, 2.45) is 5.73 Å². The number of halogens is 1. The number of morpholine rings is 1. The molecular weight excluding hydrogens is 466 g/mol. The number of amides is 3. The fourth-order valence-corrected chi connectivity index (χ4v) is 4.74. The summed E-state index contributed by atoms with van der Waals surface area (Å²) in [6.45, 7) is 2.44. The van der Waals surface area contributed by atoms with Gasteiger partial charge in [-0.05, 0) is 73.7 Å². The van der Waals surface area contributed by atoms with Gasteiger partial charge in [0.25, 0.3) is 5.91 Å². The summed E-state index contributed by atoms with van der Waals surface area (Å²) in [7, 11) is 0. The number of carbonyl (C=O) groups excluding carboxylic acids is 2. The molecule has 2 aromatic carbocycles. The Morgan fingerprint density at radius 1 is 1.11 bits per heavy atom. The van der Waals surface area contributed by atoms with E-state index in [0.29, 0.717) is 54.7 Å². The molecule has 35 heavy (non-hydrogen) atoms. The number of benzene rings is 2. The van der Waals surface area contributed by atoms with Gasteiger partial charge in [-0.3, -0.25) is 4.79 Å². The second-order valence-corrected chi connectivity index (χ2v) is 9.43. The van der Waals surface area contributed by atoms with Crippen molar-refractivity contribution in [2.45, 2.75) is 44.3 Å². The van der Waals surface area contributed by atoms with Crippen molar-refractivity contribution < 1.29 is 14.3 Å². The number of nitrogens with two attached hydrogens (primary N) is 1. The molecule has 0 spiro atoms. The zero-order valence-corrected chi connectivity index (χ0v) is 20.3. The fourth-order valence-electron chi connectivity index (χ4n) is 4.56. The third-order valence-corrected chi connectivity index (χ3v) is 7.01. The summed E-state index contributed by atoms with van der Waals surface area (Å²) in [5, 5.41) is 12.6. The number of nitriles is 1. The molecule has 1 aliphatic carbocycles. The maximum atomic E-state index is 13.6. The molecule has 2 aromatic rings. The minimum atomic E-state index is -0.187. The number of rotatable bonds is 5. The van der Waals surface area contributed by atoms with E-state index in [0.717, 1.165) is 31.2 Å². The molecule has 9 heteroatoms. The average Bonchev–Trinajstić information content (AvgIpc) is 2.89. The second kappa shape index (κ2) is 11.5. The fraction of sp³-hybridized carbons (Fsp3) is 0.423. The molecule has 0 radical (unpaired) electrons. The monoisotopic (exact) mass is 495 g/mol. The van der Waals surface area contributed by atoms with Gasteiger partial charge >= 0.3 is 6.03 Å². The first kappa shape index (κ1) is 25.0. The Balaban J connectivity index is 1.55. The lowest BCUT2D eigenvalue weighted by molar-refractivity contribution is 0.0564. The Kier molecular flexibility index (Phi) is 8.24. The van der Waals surface area contributed by atoms with E-state index in [9.17, 15) is 9.59 Å². The summed E-state index contributed by atoms with van der Waals surface area (Å²) in [6, 6.07) is 14.1. The summed E-state index contributed by atoms with van der Waals surface area (Å²) in [5.41, 5.74) is 8.51. The van der Waals surface area contributed by atoms with Gasteiger partial charge in [0.1, 0.15) is 0 Å². The molecule has 1 saturated heterocycles. The van der Waals surface area contributed by atoms with E-state index in [1.807, 2.05) is 11.0 Å². The number of nitrogens with one attached hydrogen (secondary N) is 1. The van der Waals surface area contributed by atoms with Crippen molar-refractivity contribution in [1.82, 2.24) is 9.80 Å². The minimum absolute atomic E-state index is 0.0283. The average molecular weight is 496 g/mol. The number of hydrogen-bond donors (Lipinski definition) is 2. The van der Waals surface area contributed by atoms with Gasteiger partial charge in [0.2, 0.25) is 0 Å². The van der Waals surface area contributed by atoms with Crippen LogP contribution < -0.4 is 11.1 Å². The van der Waals surface area contributed by atoms with Gasteiger partial charge in [0, 0.05) is 48.0 Å². The Bertz CT molecular complexity index is 1090. The van der Waals surface area contributed by atoms with E-state index < -0.39 is 0 Å². The van der Waals surface area contributed by atoms with Crippen LogP contribution in [0.5, 0.6) is 0 Å². The molecule has 0 atom stereocenters. The highest BCUT2D eigenvalue weighted by atomic mass is 35.5. The highest BCUT2D eigenvalue weighted by Gasteiger charge is 2.29. The van der Waals surface area contributed by atoms with Crippen LogP contribution in [-0.4, -0.2) is 60.1 Å². The van der Waals surface area contributed by atoms with Crippen molar-refractivity contribution in [3.05, 3.63) is 64.2 Å². The molecule has 3 N–H and O–H groups in total. The summed E-state index contributed by atoms with van der Waals surface area (Å²) in [6.07, 6.45) is 3.33. The molecule has 2 aliphatic rings. The lowest BCUT2D eigenvalue weighted by Crippen LogP contribution is -2.44. The predicted octanol–water partition coefficient (Wildman–Crippen LogP) is 3.99. The minimum Gasteiger partial charge on any atom is -0.378 e. The van der Waals surface area contributed by atoms with Crippen molar-refractivity contribution in [2.75, 3.05) is 31.6 Å². The third-order valence-electron chi connectivity index (χ3n) is 6.64. The molecule has 0 bridgehead atoms. The molecule has 184 valence electrons. The number of hydrogen-bond acceptors (Lipinski definition) is 5. The molecule has 0 aromatic heterocycles. The van der Waals surface area contributed by atoms with Gasteiger partial charge in [-0.25, -0.2) is 4.79 Å². The second-order valence-electron chi connectivity index (χ2n) is 9.03. The molecule has 1 saturated carbocycles. The van der Waals surface area contributed by atoms with Crippen LogP contribution in [0, 0.1) is 11.3 Å². The lowest BCUT2D eigenvalue weighted by Gasteiger charge is -2.36. The third kappa shape index (κ3) is 6.31. The Hall–Kier alpha value is -3.12. The van der Waals surface area contributed by atoms with Crippen LogP contribution in [0.4, 0.5) is 10.5 Å². The highest BCUT2D eigenvalue weighted by molar-refractivity contribution is 6.31. The van der Waals surface area contributed by atoms with Gasteiger partial charge in [-0.15, -0.1) is 0 Å². The summed E-state index contributed by atoms with van der Waals surface area (Å²) in [5.74, 6) is -0.117. The normalized spacial score (nSPS) is 20.1. The summed E-state index contributed by atoms with van der Waals surface area (Å²) >= 11 is 6.54. The van der Waals surface area contributed by atoms with E-state index in [-0.39, 0.29) is 24.0 Å². The maximum Gasteiger partial charge on any atom is 0.321 e. The Morgan fingerprint density at radius 2 is 1.80 bits per heavy atom. The molecule has 0 unspecified atom stereocenters. The number of urea groups is 1. The summed E-state index contributed by atoms with van der Waals surface area (Å²) < 4.78 is 5.31. The first-order chi connectivity index (χ1) is 16.9. The van der Waals surface area contributed by atoms with E-state index in [4.69, 9.17) is 27.3 Å². The first-order valence-corrected chi connectivity index (χ1v) is 12.3. The molecular formula is C26H30ClN5O3. The zero-order chi connectivity index (χ0) is 24.8. The smallest absolute Gasteiger partial charge is 0.321 e. The molecule has 1 heterocycles. The highest BCUT2D eigenvalue weighted by Crippen LogP contribution is 2.29. The number of nitrogens with zero attached hydrogens (tertiary/aromatic N) is 3. The first-order valence-electron chi connectivity index (χ1n) is 11.9. The van der Waals surface area contributed by atoms with E-state index in [2.05, 4.69) is 11.4 Å². The van der Waals surface area contributed by atoms with Crippen LogP contribution in [0.15, 0.2) is 42.5 Å². The van der Waals surface area contributed by atoms with Crippen LogP contribution in [0.1, 0.15) is 47.2 Å². The SMILES string of the molecule is N#Cc1ccc(C(=O)N(Cc2cc(NC(=O)N3CCOCC3)ccc2Cl)C2CCC(N)CC2)cc1. The number of carbonyl (C=O) groups is 2. The van der Waals surface area contributed by atoms with Crippen molar-refractivity contribution >= 4 is 29.2 Å². The molecule has 2 fully saturated rings. The van der Waals surface area contributed by atoms with E-state index in [1.54, 1.807) is 41.3 Å². The van der Waals surface area contributed by atoms with Crippen molar-refractivity contribution in [3.8, 4) is 6.07 Å². The summed E-state index contributed by atoms with van der Waals surface area (Å²) in [4.78, 5) is 29.8. The van der Waals surface area contributed by atoms with Gasteiger partial charge in [0.05, 0.1) is 24.8 Å². The van der Waals surface area contributed by atoms with E-state index in [1.165, 1.54) is 0 Å². The molecule has 3 amide bonds. The largest absolute Gasteiger partial charge is 0.378 e. The van der Waals surface area contributed by atoms with E-state index >= 15 is 0 Å². The maximum absolute atomic E-state index is 13.6. The molecule has 8 nitrogen and oxygen atoms in total. The van der Waals surface area contributed by atoms with Crippen molar-refractivity contribution in [1.29, 1.82) is 5.26 Å². The van der Waals surface area contributed by atoms with Gasteiger partial charge in [-0.1, -0.05) is 11.6 Å².